The van der Waals surface area contributed by atoms with E-state index in [9.17, 15) is 0 Å². The fourth-order valence-electron chi connectivity index (χ4n) is 5.07. The lowest BCUT2D eigenvalue weighted by molar-refractivity contribution is 0.436. The molecule has 2 atom stereocenters. The van der Waals surface area contributed by atoms with E-state index in [2.05, 4.69) is 53.7 Å². The highest BCUT2D eigenvalue weighted by Gasteiger charge is 2.22. The SMILES string of the molecule is CCCCC(CC)Cc1c(CC(CC)CCCC)c2cc(C)sc2c2sc(C)cc12. The summed E-state index contributed by atoms with van der Waals surface area (Å²) in [7, 11) is 0. The van der Waals surface area contributed by atoms with E-state index >= 15 is 0 Å². The van der Waals surface area contributed by atoms with Gasteiger partial charge in [0.25, 0.3) is 0 Å². The maximum absolute atomic E-state index is 2.51. The van der Waals surface area contributed by atoms with Crippen LogP contribution in [0.3, 0.4) is 0 Å². The van der Waals surface area contributed by atoms with Gasteiger partial charge in [-0.1, -0.05) is 79.1 Å². The minimum absolute atomic E-state index is 0.819. The van der Waals surface area contributed by atoms with E-state index in [1.165, 1.54) is 74.0 Å². The van der Waals surface area contributed by atoms with Gasteiger partial charge in [-0.2, -0.15) is 0 Å². The fourth-order valence-corrected chi connectivity index (χ4v) is 7.31. The van der Waals surface area contributed by atoms with Crippen molar-refractivity contribution in [3.63, 3.8) is 0 Å². The molecule has 2 unspecified atom stereocenters. The first-order valence-corrected chi connectivity index (χ1v) is 14.1. The Labute approximate surface area is 193 Å². The second-order valence-corrected chi connectivity index (χ2v) is 11.9. The maximum atomic E-state index is 2.51. The number of aryl methyl sites for hydroxylation is 2. The van der Waals surface area contributed by atoms with Crippen LogP contribution in [0.1, 0.15) is 99.9 Å². The largest absolute Gasteiger partial charge is 0.139 e. The van der Waals surface area contributed by atoms with Crippen LogP contribution in [0.2, 0.25) is 0 Å². The van der Waals surface area contributed by atoms with Crippen molar-refractivity contribution in [1.29, 1.82) is 0 Å². The highest BCUT2D eigenvalue weighted by atomic mass is 32.1. The number of thiophene rings is 2. The van der Waals surface area contributed by atoms with Crippen molar-refractivity contribution in [2.45, 2.75) is 106 Å². The second kappa shape index (κ2) is 11.1. The molecule has 2 heteroatoms. The van der Waals surface area contributed by atoms with Crippen LogP contribution < -0.4 is 0 Å². The van der Waals surface area contributed by atoms with E-state index in [0.717, 1.165) is 11.8 Å². The van der Waals surface area contributed by atoms with Gasteiger partial charge in [-0.25, -0.2) is 0 Å². The van der Waals surface area contributed by atoms with Crippen molar-refractivity contribution in [2.24, 2.45) is 11.8 Å². The number of hydrogen-bond donors (Lipinski definition) is 0. The molecular formula is C28H42S2. The average Bonchev–Trinajstić information content (AvgIpc) is 3.31. The molecule has 3 aromatic rings. The topological polar surface area (TPSA) is 0 Å². The molecule has 0 aliphatic carbocycles. The fraction of sp³-hybridized carbons (Fsp3) is 0.643. The Morgan fingerprint density at radius 3 is 1.40 bits per heavy atom. The van der Waals surface area contributed by atoms with Gasteiger partial charge in [-0.3, -0.25) is 0 Å². The van der Waals surface area contributed by atoms with Crippen LogP contribution in [0.15, 0.2) is 12.1 Å². The van der Waals surface area contributed by atoms with Gasteiger partial charge >= 0.3 is 0 Å². The molecule has 2 heterocycles. The summed E-state index contributed by atoms with van der Waals surface area (Å²) >= 11 is 4.04. The lowest BCUT2D eigenvalue weighted by Crippen LogP contribution is -2.10. The number of benzene rings is 1. The first-order valence-electron chi connectivity index (χ1n) is 12.5. The Morgan fingerprint density at radius 1 is 0.667 bits per heavy atom. The quantitative estimate of drug-likeness (QED) is 0.261. The molecule has 3 rings (SSSR count). The highest BCUT2D eigenvalue weighted by molar-refractivity contribution is 7.27. The van der Waals surface area contributed by atoms with E-state index < -0.39 is 0 Å². The molecule has 0 aliphatic heterocycles. The van der Waals surface area contributed by atoms with E-state index in [1.54, 1.807) is 31.3 Å². The molecule has 0 radical (unpaired) electrons. The van der Waals surface area contributed by atoms with Crippen LogP contribution in [0.25, 0.3) is 20.2 Å². The molecule has 0 fully saturated rings. The molecule has 0 N–H and O–H groups in total. The molecular weight excluding hydrogens is 400 g/mol. The van der Waals surface area contributed by atoms with E-state index in [0.29, 0.717) is 0 Å². The Morgan fingerprint density at radius 2 is 1.07 bits per heavy atom. The van der Waals surface area contributed by atoms with Gasteiger partial charge in [-0.15, -0.1) is 22.7 Å². The van der Waals surface area contributed by atoms with Gasteiger partial charge in [0.15, 0.2) is 0 Å². The van der Waals surface area contributed by atoms with Crippen LogP contribution in [-0.4, -0.2) is 0 Å². The number of unbranched alkanes of at least 4 members (excludes halogenated alkanes) is 2. The zero-order valence-electron chi connectivity index (χ0n) is 20.2. The molecule has 0 bridgehead atoms. The van der Waals surface area contributed by atoms with Crippen molar-refractivity contribution in [1.82, 2.24) is 0 Å². The molecule has 0 spiro atoms. The average molecular weight is 443 g/mol. The van der Waals surface area contributed by atoms with Gasteiger partial charge in [0.2, 0.25) is 0 Å². The Balaban J connectivity index is 2.15. The molecule has 1 aromatic carbocycles. The van der Waals surface area contributed by atoms with Crippen molar-refractivity contribution in [2.75, 3.05) is 0 Å². The predicted molar refractivity (Wildman–Crippen MR) is 141 cm³/mol. The van der Waals surface area contributed by atoms with Crippen LogP contribution in [0, 0.1) is 25.7 Å². The third-order valence-electron chi connectivity index (χ3n) is 7.00. The van der Waals surface area contributed by atoms with Crippen molar-refractivity contribution in [3.8, 4) is 0 Å². The summed E-state index contributed by atoms with van der Waals surface area (Å²) < 4.78 is 3.12. The summed E-state index contributed by atoms with van der Waals surface area (Å²) in [6.07, 6.45) is 13.3. The summed E-state index contributed by atoms with van der Waals surface area (Å²) in [5.41, 5.74) is 3.41. The van der Waals surface area contributed by atoms with Gasteiger partial charge in [0.05, 0.1) is 9.40 Å². The first-order chi connectivity index (χ1) is 14.5. The molecule has 0 saturated carbocycles. The summed E-state index contributed by atoms with van der Waals surface area (Å²) in [5, 5.41) is 3.17. The van der Waals surface area contributed by atoms with Gasteiger partial charge in [0.1, 0.15) is 0 Å². The molecule has 30 heavy (non-hydrogen) atoms. The number of hydrogen-bond acceptors (Lipinski definition) is 2. The summed E-state index contributed by atoms with van der Waals surface area (Å²) in [5.74, 6) is 1.64. The lowest BCUT2D eigenvalue weighted by atomic mass is 9.83. The molecule has 0 amide bonds. The van der Waals surface area contributed by atoms with Crippen LogP contribution >= 0.6 is 22.7 Å². The molecule has 0 aliphatic rings. The molecule has 0 nitrogen and oxygen atoms in total. The van der Waals surface area contributed by atoms with E-state index in [-0.39, 0.29) is 0 Å². The lowest BCUT2D eigenvalue weighted by Gasteiger charge is -2.22. The third-order valence-corrected chi connectivity index (χ3v) is 9.27. The Bertz CT molecular complexity index is 865. The van der Waals surface area contributed by atoms with Crippen molar-refractivity contribution < 1.29 is 0 Å². The van der Waals surface area contributed by atoms with Crippen molar-refractivity contribution in [3.05, 3.63) is 33.0 Å². The molecule has 0 saturated heterocycles. The number of fused-ring (bicyclic) bond motifs is 3. The Hall–Kier alpha value is -0.860. The van der Waals surface area contributed by atoms with Crippen LogP contribution in [0.4, 0.5) is 0 Å². The van der Waals surface area contributed by atoms with Gasteiger partial charge < -0.3 is 0 Å². The predicted octanol–water partition coefficient (Wildman–Crippen LogP) is 10.3. The van der Waals surface area contributed by atoms with Crippen molar-refractivity contribution >= 4 is 42.8 Å². The number of rotatable bonds is 12. The van der Waals surface area contributed by atoms with Crippen LogP contribution in [0.5, 0.6) is 0 Å². The van der Waals surface area contributed by atoms with Crippen LogP contribution in [-0.2, 0) is 12.8 Å². The molecule has 2 aromatic heterocycles. The Kier molecular flexibility index (Phi) is 8.83. The monoisotopic (exact) mass is 442 g/mol. The summed E-state index contributed by atoms with van der Waals surface area (Å²) in [6.45, 7) is 14.1. The minimum Gasteiger partial charge on any atom is -0.139 e. The minimum atomic E-state index is 0.819. The molecule has 166 valence electrons. The maximum Gasteiger partial charge on any atom is 0.0526 e. The zero-order chi connectivity index (χ0) is 21.7. The standard InChI is InChI=1S/C28H42S2/c1-7-11-13-21(9-3)17-23-24(18-22(10-4)14-12-8-2)26-16-20(6)30-28(26)27-25(23)15-19(5)29-27/h15-16,21-22H,7-14,17-18H2,1-6H3. The smallest absolute Gasteiger partial charge is 0.0526 e. The zero-order valence-corrected chi connectivity index (χ0v) is 21.8. The van der Waals surface area contributed by atoms with E-state index in [1.807, 2.05) is 22.7 Å². The highest BCUT2D eigenvalue weighted by Crippen LogP contribution is 2.44. The summed E-state index contributed by atoms with van der Waals surface area (Å²) in [6, 6.07) is 5.01. The normalized spacial score (nSPS) is 14.1. The third kappa shape index (κ3) is 5.30. The summed E-state index contributed by atoms with van der Waals surface area (Å²) in [4.78, 5) is 2.94. The second-order valence-electron chi connectivity index (χ2n) is 9.40. The van der Waals surface area contributed by atoms with E-state index in [4.69, 9.17) is 0 Å². The van der Waals surface area contributed by atoms with Gasteiger partial charge in [0, 0.05) is 9.75 Å². The van der Waals surface area contributed by atoms with Gasteiger partial charge in [-0.05, 0) is 72.6 Å². The first kappa shape index (κ1) is 23.8.